The van der Waals surface area contributed by atoms with Crippen molar-refractivity contribution in [3.8, 4) is 5.88 Å². The number of aliphatic hydroxyl groups excluding tert-OH is 1. The van der Waals surface area contributed by atoms with Gasteiger partial charge in [-0.05, 0) is 32.3 Å². The van der Waals surface area contributed by atoms with Crippen molar-refractivity contribution in [2.45, 2.75) is 43.6 Å². The van der Waals surface area contributed by atoms with Crippen molar-refractivity contribution >= 4 is 41.9 Å². The fourth-order valence-electron chi connectivity index (χ4n) is 3.04. The van der Waals surface area contributed by atoms with Gasteiger partial charge in [0, 0.05) is 0 Å². The van der Waals surface area contributed by atoms with E-state index < -0.39 is 24.6 Å². The predicted molar refractivity (Wildman–Crippen MR) is 110 cm³/mol. The molecule has 3 heterocycles. The Morgan fingerprint density at radius 3 is 2.85 bits per heavy atom. The maximum Gasteiger partial charge on any atom is 0.247 e. The number of anilines is 1. The van der Waals surface area contributed by atoms with Crippen molar-refractivity contribution in [1.82, 2.24) is 19.5 Å². The molecular weight excluding hydrogens is 389 g/mol. The van der Waals surface area contributed by atoms with E-state index in [1.54, 1.807) is 10.9 Å². The van der Waals surface area contributed by atoms with Crippen LogP contribution in [0.4, 0.5) is 5.95 Å². The predicted octanol–water partition coefficient (Wildman–Crippen LogP) is 2.16. The van der Waals surface area contributed by atoms with E-state index in [1.807, 2.05) is 6.92 Å². The summed E-state index contributed by atoms with van der Waals surface area (Å²) in [6.07, 6.45) is 6.51. The van der Waals surface area contributed by atoms with Crippen LogP contribution in [0.15, 0.2) is 6.33 Å². The summed E-state index contributed by atoms with van der Waals surface area (Å²) in [5.41, 5.74) is 6.81. The van der Waals surface area contributed by atoms with Gasteiger partial charge in [-0.15, -0.1) is 24.8 Å². The molecule has 1 aliphatic heterocycles. The zero-order valence-electron chi connectivity index (χ0n) is 15.9. The Bertz CT molecular complexity index is 854. The molecule has 0 amide bonds. The Labute approximate surface area is 164 Å². The molecule has 3 N–H and O–H groups in total. The second-order valence-corrected chi connectivity index (χ2v) is 12.3. The zero-order chi connectivity index (χ0) is 19.8. The highest BCUT2D eigenvalue weighted by molar-refractivity contribution is 7.72. The number of hydrogen-bond acceptors (Lipinski definition) is 7. The number of fused-ring (bicyclic) bond motifs is 1. The van der Waals surface area contributed by atoms with Crippen molar-refractivity contribution in [3.63, 3.8) is 0 Å². The van der Waals surface area contributed by atoms with E-state index >= 15 is 0 Å². The molecule has 1 fully saturated rings. The molecule has 0 spiro atoms. The van der Waals surface area contributed by atoms with Crippen molar-refractivity contribution in [2.24, 2.45) is 0 Å². The standard InChI is InChI=1S/C17H27ClN5O3P/c1-5-7-25-15-12-14(21-17(19)22-15)23(9-20-12)16-11(18)13(24)10(26-16)6-8-27(2,3)4/h9-11,13,16,24H,2,5-8H2,1,3-4H3,(H2,19,21,22)/t10-,11-,13-,16?/m1/s1. The minimum atomic E-state index is -1.21. The van der Waals surface area contributed by atoms with Gasteiger partial charge in [-0.25, -0.2) is 4.98 Å². The molecule has 1 aliphatic rings. The number of nitrogens with zero attached hydrogens (tertiary/aromatic N) is 4. The lowest BCUT2D eigenvalue weighted by Crippen LogP contribution is -2.28. The first-order valence-electron chi connectivity index (χ1n) is 8.99. The Kier molecular flexibility index (Phi) is 6.01. The molecule has 27 heavy (non-hydrogen) atoms. The van der Waals surface area contributed by atoms with Crippen molar-refractivity contribution in [2.75, 3.05) is 31.8 Å². The first kappa shape index (κ1) is 20.4. The normalized spacial score (nSPS) is 26.0. The highest BCUT2D eigenvalue weighted by Gasteiger charge is 2.44. The number of ether oxygens (including phenoxy) is 2. The quantitative estimate of drug-likeness (QED) is 0.527. The molecule has 150 valence electrons. The van der Waals surface area contributed by atoms with Crippen LogP contribution in [0.1, 0.15) is 26.0 Å². The van der Waals surface area contributed by atoms with Gasteiger partial charge < -0.3 is 20.3 Å². The largest absolute Gasteiger partial charge is 0.476 e. The summed E-state index contributed by atoms with van der Waals surface area (Å²) >= 11 is 6.49. The molecular formula is C17H27ClN5O3P. The van der Waals surface area contributed by atoms with E-state index in [9.17, 15) is 5.11 Å². The summed E-state index contributed by atoms with van der Waals surface area (Å²) in [5.74, 6) is 0.420. The number of imidazole rings is 1. The minimum Gasteiger partial charge on any atom is -0.476 e. The summed E-state index contributed by atoms with van der Waals surface area (Å²) < 4.78 is 13.4. The molecule has 3 rings (SSSR count). The van der Waals surface area contributed by atoms with Gasteiger partial charge in [-0.3, -0.25) is 4.57 Å². The van der Waals surface area contributed by atoms with Crippen LogP contribution in [0.5, 0.6) is 5.88 Å². The number of hydrogen-bond donors (Lipinski definition) is 2. The van der Waals surface area contributed by atoms with Gasteiger partial charge in [0.25, 0.3) is 0 Å². The molecule has 1 saturated heterocycles. The van der Waals surface area contributed by atoms with E-state index in [0.29, 0.717) is 30.1 Å². The van der Waals surface area contributed by atoms with Gasteiger partial charge in [0.05, 0.1) is 19.0 Å². The molecule has 1 unspecified atom stereocenters. The molecule has 2 aromatic rings. The molecule has 0 saturated carbocycles. The average molecular weight is 416 g/mol. The fourth-order valence-corrected chi connectivity index (χ4v) is 4.33. The van der Waals surface area contributed by atoms with Crippen LogP contribution in [-0.2, 0) is 4.74 Å². The topological polar surface area (TPSA) is 108 Å². The first-order chi connectivity index (χ1) is 12.7. The summed E-state index contributed by atoms with van der Waals surface area (Å²) in [5, 5.41) is 9.91. The van der Waals surface area contributed by atoms with Gasteiger partial charge in [0.1, 0.15) is 11.5 Å². The second-order valence-electron chi connectivity index (χ2n) is 7.51. The Balaban J connectivity index is 1.88. The number of alkyl halides is 1. The summed E-state index contributed by atoms with van der Waals surface area (Å²) in [6.45, 7) is 5.60. The molecule has 0 aromatic carbocycles. The van der Waals surface area contributed by atoms with E-state index in [1.165, 1.54) is 0 Å². The van der Waals surface area contributed by atoms with Gasteiger partial charge in [0.15, 0.2) is 17.4 Å². The van der Waals surface area contributed by atoms with Crippen LogP contribution in [0.2, 0.25) is 0 Å². The summed E-state index contributed by atoms with van der Waals surface area (Å²) in [6, 6.07) is 0. The highest BCUT2D eigenvalue weighted by atomic mass is 35.5. The highest BCUT2D eigenvalue weighted by Crippen LogP contribution is 2.41. The molecule has 10 heteroatoms. The molecule has 0 bridgehead atoms. The molecule has 8 nitrogen and oxygen atoms in total. The zero-order valence-corrected chi connectivity index (χ0v) is 17.5. The lowest BCUT2D eigenvalue weighted by atomic mass is 10.1. The van der Waals surface area contributed by atoms with Crippen LogP contribution in [0, 0.1) is 0 Å². The smallest absolute Gasteiger partial charge is 0.247 e. The Hall–Kier alpha value is -1.34. The molecule has 4 atom stereocenters. The van der Waals surface area contributed by atoms with Crippen LogP contribution >= 0.6 is 18.5 Å². The van der Waals surface area contributed by atoms with Crippen LogP contribution in [0.3, 0.4) is 0 Å². The third-order valence-corrected chi connectivity index (χ3v) is 6.38. The Morgan fingerprint density at radius 2 is 2.19 bits per heavy atom. The average Bonchev–Trinajstić information content (AvgIpc) is 3.12. The summed E-state index contributed by atoms with van der Waals surface area (Å²) in [7, 11) is 0. The molecule has 0 aliphatic carbocycles. The third-order valence-electron chi connectivity index (χ3n) is 4.44. The number of nitrogen functional groups attached to an aromatic ring is 1. The second kappa shape index (κ2) is 7.95. The van der Waals surface area contributed by atoms with Crippen LogP contribution in [-0.4, -0.2) is 74.6 Å². The number of rotatable bonds is 7. The van der Waals surface area contributed by atoms with Crippen LogP contribution in [0.25, 0.3) is 11.2 Å². The lowest BCUT2D eigenvalue weighted by Gasteiger charge is -2.18. The van der Waals surface area contributed by atoms with Crippen molar-refractivity contribution in [3.05, 3.63) is 6.33 Å². The van der Waals surface area contributed by atoms with E-state index in [0.717, 1.165) is 12.6 Å². The van der Waals surface area contributed by atoms with E-state index in [4.69, 9.17) is 26.8 Å². The maximum absolute atomic E-state index is 10.5. The minimum absolute atomic E-state index is 0.0835. The summed E-state index contributed by atoms with van der Waals surface area (Å²) in [4.78, 5) is 12.8. The number of halogens is 1. The van der Waals surface area contributed by atoms with E-state index in [-0.39, 0.29) is 12.1 Å². The number of aromatic nitrogens is 4. The Morgan fingerprint density at radius 1 is 1.44 bits per heavy atom. The van der Waals surface area contributed by atoms with Gasteiger partial charge in [0.2, 0.25) is 11.8 Å². The molecule has 2 aromatic heterocycles. The first-order valence-corrected chi connectivity index (χ1v) is 12.5. The van der Waals surface area contributed by atoms with Crippen molar-refractivity contribution in [1.29, 1.82) is 0 Å². The third kappa shape index (κ3) is 4.40. The number of aliphatic hydroxyl groups is 1. The number of nitrogens with two attached hydrogens (primary N) is 1. The van der Waals surface area contributed by atoms with Gasteiger partial charge >= 0.3 is 0 Å². The van der Waals surface area contributed by atoms with Crippen molar-refractivity contribution < 1.29 is 14.6 Å². The lowest BCUT2D eigenvalue weighted by molar-refractivity contribution is -0.0176. The molecule has 0 radical (unpaired) electrons. The van der Waals surface area contributed by atoms with Crippen LogP contribution < -0.4 is 10.5 Å². The fraction of sp³-hybridized carbons (Fsp3) is 0.647. The monoisotopic (exact) mass is 415 g/mol. The van der Waals surface area contributed by atoms with E-state index in [2.05, 4.69) is 34.6 Å². The maximum atomic E-state index is 10.5. The van der Waals surface area contributed by atoms with Gasteiger partial charge in [-0.2, -0.15) is 9.97 Å². The SMILES string of the molecule is C=P(C)(C)CC[C@H]1OC(n2cnc3c(OCCC)nc(N)nc32)[C@H](Cl)[C@@H]1O. The van der Waals surface area contributed by atoms with Gasteiger partial charge in [-0.1, -0.05) is 6.92 Å².